The maximum absolute atomic E-state index is 11.9. The Labute approximate surface area is 143 Å². The lowest BCUT2D eigenvalue weighted by molar-refractivity contribution is -0.119. The molecule has 2 aromatic rings. The number of ether oxygens (including phenoxy) is 2. The van der Waals surface area contributed by atoms with Crippen molar-refractivity contribution in [2.75, 3.05) is 18.9 Å². The van der Waals surface area contributed by atoms with E-state index in [0.29, 0.717) is 35.9 Å². The zero-order valence-corrected chi connectivity index (χ0v) is 13.8. The average Bonchev–Trinajstić information content (AvgIpc) is 3.36. The van der Waals surface area contributed by atoms with E-state index in [-0.39, 0.29) is 17.8 Å². The number of carbonyl (C=O) groups is 1. The number of nitrogens with one attached hydrogen (secondary N) is 1. The molecule has 1 aromatic carbocycles. The molecule has 0 saturated heterocycles. The summed E-state index contributed by atoms with van der Waals surface area (Å²) < 4.78 is 16.9. The molecule has 126 valence electrons. The fourth-order valence-electron chi connectivity index (χ4n) is 2.34. The lowest BCUT2D eigenvalue weighted by Crippen LogP contribution is -2.41. The van der Waals surface area contributed by atoms with Gasteiger partial charge in [0.2, 0.25) is 11.8 Å². The Kier molecular flexibility index (Phi) is 4.29. The van der Waals surface area contributed by atoms with Crippen molar-refractivity contribution in [3.8, 4) is 11.5 Å². The van der Waals surface area contributed by atoms with E-state index >= 15 is 0 Å². The van der Waals surface area contributed by atoms with Crippen molar-refractivity contribution in [3.63, 3.8) is 0 Å². The van der Waals surface area contributed by atoms with E-state index in [0.717, 1.165) is 18.6 Å². The molecule has 24 heavy (non-hydrogen) atoms. The molecule has 0 spiro atoms. The van der Waals surface area contributed by atoms with Gasteiger partial charge in [-0.2, -0.15) is 0 Å². The van der Waals surface area contributed by atoms with Gasteiger partial charge in [-0.25, -0.2) is 0 Å². The molecule has 1 aliphatic heterocycles. The summed E-state index contributed by atoms with van der Waals surface area (Å²) in [5.74, 6) is 2.68. The van der Waals surface area contributed by atoms with E-state index in [1.165, 1.54) is 11.8 Å². The van der Waals surface area contributed by atoms with Crippen molar-refractivity contribution in [3.05, 3.63) is 30.2 Å². The van der Waals surface area contributed by atoms with Crippen LogP contribution in [0.15, 0.2) is 33.9 Å². The SMILES string of the molecule is O=C(CSc1nnc(C2CC2)o1)NC[C@@H]1COc2ccccc2O1. The van der Waals surface area contributed by atoms with Gasteiger partial charge in [-0.05, 0) is 25.0 Å². The van der Waals surface area contributed by atoms with Crippen LogP contribution in [0.2, 0.25) is 0 Å². The second-order valence-corrected chi connectivity index (χ2v) is 6.70. The molecule has 1 fully saturated rings. The predicted molar refractivity (Wildman–Crippen MR) is 86.4 cm³/mol. The zero-order valence-electron chi connectivity index (χ0n) is 12.9. The van der Waals surface area contributed by atoms with Crippen LogP contribution in [-0.4, -0.2) is 41.1 Å². The van der Waals surface area contributed by atoms with Gasteiger partial charge in [-0.15, -0.1) is 10.2 Å². The minimum atomic E-state index is -0.196. The molecule has 1 N–H and O–H groups in total. The molecular formula is C16H17N3O4S. The van der Waals surface area contributed by atoms with Crippen LogP contribution in [0.3, 0.4) is 0 Å². The summed E-state index contributed by atoms with van der Waals surface area (Å²) in [5, 5.41) is 11.2. The predicted octanol–water partition coefficient (Wildman–Crippen LogP) is 2.00. The Morgan fingerprint density at radius 2 is 2.08 bits per heavy atom. The number of nitrogens with zero attached hydrogens (tertiary/aromatic N) is 2. The summed E-state index contributed by atoms with van der Waals surface area (Å²) in [4.78, 5) is 11.9. The highest BCUT2D eigenvalue weighted by Gasteiger charge is 2.29. The van der Waals surface area contributed by atoms with Gasteiger partial charge < -0.3 is 19.2 Å². The Hall–Kier alpha value is -2.22. The van der Waals surface area contributed by atoms with Gasteiger partial charge in [0.15, 0.2) is 11.5 Å². The number of hydrogen-bond acceptors (Lipinski definition) is 7. The number of thioether (sulfide) groups is 1. The van der Waals surface area contributed by atoms with E-state index in [9.17, 15) is 4.79 Å². The molecular weight excluding hydrogens is 330 g/mol. The average molecular weight is 347 g/mol. The molecule has 1 aromatic heterocycles. The first-order valence-corrected chi connectivity index (χ1v) is 8.88. The standard InChI is InChI=1S/C16H17N3O4S/c20-14(9-24-16-19-18-15(23-16)10-5-6-10)17-7-11-8-21-12-3-1-2-4-13(12)22-11/h1-4,10-11H,5-9H2,(H,17,20)/t11-/m1/s1. The molecule has 2 aliphatic rings. The second kappa shape index (κ2) is 6.72. The third-order valence-corrected chi connectivity index (χ3v) is 4.59. The highest BCUT2D eigenvalue weighted by atomic mass is 32.2. The van der Waals surface area contributed by atoms with Crippen LogP contribution < -0.4 is 14.8 Å². The number of rotatable bonds is 6. The molecule has 0 radical (unpaired) electrons. The fourth-order valence-corrected chi connectivity index (χ4v) is 2.94. The van der Waals surface area contributed by atoms with Crippen molar-refractivity contribution in [2.45, 2.75) is 30.1 Å². The van der Waals surface area contributed by atoms with Crippen molar-refractivity contribution < 1.29 is 18.7 Å². The maximum atomic E-state index is 11.9. The Morgan fingerprint density at radius 1 is 1.25 bits per heavy atom. The third-order valence-electron chi connectivity index (χ3n) is 3.77. The largest absolute Gasteiger partial charge is 0.486 e. The van der Waals surface area contributed by atoms with E-state index in [2.05, 4.69) is 15.5 Å². The molecule has 4 rings (SSSR count). The van der Waals surface area contributed by atoms with Crippen LogP contribution in [0.1, 0.15) is 24.7 Å². The summed E-state index contributed by atoms with van der Waals surface area (Å²) in [6, 6.07) is 7.50. The van der Waals surface area contributed by atoms with Gasteiger partial charge in [-0.1, -0.05) is 23.9 Å². The lowest BCUT2D eigenvalue weighted by Gasteiger charge is -2.26. The monoisotopic (exact) mass is 347 g/mol. The minimum absolute atomic E-state index is 0.103. The third kappa shape index (κ3) is 3.64. The smallest absolute Gasteiger partial charge is 0.277 e. The minimum Gasteiger partial charge on any atom is -0.486 e. The molecule has 2 heterocycles. The maximum Gasteiger partial charge on any atom is 0.277 e. The van der Waals surface area contributed by atoms with E-state index < -0.39 is 0 Å². The Balaban J connectivity index is 1.20. The fraction of sp³-hybridized carbons (Fsp3) is 0.438. The van der Waals surface area contributed by atoms with Crippen LogP contribution in [-0.2, 0) is 4.79 Å². The number of para-hydroxylation sites is 2. The van der Waals surface area contributed by atoms with Gasteiger partial charge >= 0.3 is 0 Å². The van der Waals surface area contributed by atoms with Crippen LogP contribution >= 0.6 is 11.8 Å². The number of fused-ring (bicyclic) bond motifs is 1. The first-order valence-electron chi connectivity index (χ1n) is 7.89. The van der Waals surface area contributed by atoms with Gasteiger partial charge in [0.25, 0.3) is 5.22 Å². The van der Waals surface area contributed by atoms with Crippen LogP contribution in [0.25, 0.3) is 0 Å². The summed E-state index contributed by atoms with van der Waals surface area (Å²) in [7, 11) is 0. The zero-order chi connectivity index (χ0) is 16.4. The van der Waals surface area contributed by atoms with Gasteiger partial charge in [0, 0.05) is 5.92 Å². The Bertz CT molecular complexity index is 732. The lowest BCUT2D eigenvalue weighted by atomic mass is 10.2. The number of benzene rings is 1. The first kappa shape index (κ1) is 15.3. The topological polar surface area (TPSA) is 86.5 Å². The van der Waals surface area contributed by atoms with Gasteiger partial charge in [0.1, 0.15) is 12.7 Å². The number of hydrogen-bond donors (Lipinski definition) is 1. The van der Waals surface area contributed by atoms with Crippen LogP contribution in [0.4, 0.5) is 0 Å². The normalized spacial score (nSPS) is 19.1. The number of amides is 1. The van der Waals surface area contributed by atoms with E-state index in [1.807, 2.05) is 24.3 Å². The first-order chi connectivity index (χ1) is 11.8. The number of aromatic nitrogens is 2. The highest BCUT2D eigenvalue weighted by molar-refractivity contribution is 7.99. The quantitative estimate of drug-likeness (QED) is 0.800. The van der Waals surface area contributed by atoms with Crippen molar-refractivity contribution in [1.29, 1.82) is 0 Å². The molecule has 7 nitrogen and oxygen atoms in total. The number of carbonyl (C=O) groups excluding carboxylic acids is 1. The van der Waals surface area contributed by atoms with Crippen molar-refractivity contribution in [1.82, 2.24) is 15.5 Å². The summed E-state index contributed by atoms with van der Waals surface area (Å²) in [5.41, 5.74) is 0. The van der Waals surface area contributed by atoms with Crippen LogP contribution in [0.5, 0.6) is 11.5 Å². The van der Waals surface area contributed by atoms with Crippen LogP contribution in [0, 0.1) is 0 Å². The molecule has 1 aliphatic carbocycles. The molecule has 1 saturated carbocycles. The van der Waals surface area contributed by atoms with Gasteiger partial charge in [0.05, 0.1) is 12.3 Å². The summed E-state index contributed by atoms with van der Waals surface area (Å²) >= 11 is 1.25. The van der Waals surface area contributed by atoms with E-state index in [1.54, 1.807) is 0 Å². The molecule has 8 heteroatoms. The molecule has 1 amide bonds. The summed E-state index contributed by atoms with van der Waals surface area (Å²) in [6.07, 6.45) is 2.03. The highest BCUT2D eigenvalue weighted by Crippen LogP contribution is 2.39. The molecule has 0 unspecified atom stereocenters. The molecule has 1 atom stereocenters. The van der Waals surface area contributed by atoms with Gasteiger partial charge in [-0.3, -0.25) is 4.79 Å². The summed E-state index contributed by atoms with van der Waals surface area (Å²) in [6.45, 7) is 0.809. The Morgan fingerprint density at radius 3 is 2.92 bits per heavy atom. The van der Waals surface area contributed by atoms with Crippen molar-refractivity contribution >= 4 is 17.7 Å². The molecule has 0 bridgehead atoms. The van der Waals surface area contributed by atoms with E-state index in [4.69, 9.17) is 13.9 Å². The second-order valence-electron chi connectivity index (χ2n) is 5.77. The van der Waals surface area contributed by atoms with Crippen molar-refractivity contribution in [2.24, 2.45) is 0 Å².